The van der Waals surface area contributed by atoms with Crippen molar-refractivity contribution in [1.29, 1.82) is 0 Å². The van der Waals surface area contributed by atoms with E-state index in [1.54, 1.807) is 13.8 Å². The Labute approximate surface area is 186 Å². The Morgan fingerprint density at radius 2 is 1.07 bits per heavy atom. The minimum absolute atomic E-state index is 0.532. The summed E-state index contributed by atoms with van der Waals surface area (Å²) in [5, 5.41) is 9.21. The van der Waals surface area contributed by atoms with Gasteiger partial charge in [-0.15, -0.1) is 9.24 Å². The lowest BCUT2D eigenvalue weighted by Crippen LogP contribution is -2.32. The van der Waals surface area contributed by atoms with E-state index >= 15 is 0 Å². The summed E-state index contributed by atoms with van der Waals surface area (Å²) in [6.07, 6.45) is 19.6. The summed E-state index contributed by atoms with van der Waals surface area (Å²) in [4.78, 5) is 10.5. The summed E-state index contributed by atoms with van der Waals surface area (Å²) in [5.41, 5.74) is -0.532. The largest absolute Gasteiger partial charge is 0.481 e. The summed E-state index contributed by atoms with van der Waals surface area (Å²) >= 11 is 0. The van der Waals surface area contributed by atoms with Crippen LogP contribution in [-0.2, 0) is 4.79 Å². The van der Waals surface area contributed by atoms with Gasteiger partial charge in [-0.3, -0.25) is 4.79 Å². The van der Waals surface area contributed by atoms with Gasteiger partial charge in [0.2, 0.25) is 0 Å². The molecule has 1 atom stereocenters. The summed E-state index contributed by atoms with van der Waals surface area (Å²) in [6.45, 7) is 14.9. The predicted molar refractivity (Wildman–Crippen MR) is 135 cm³/mol. The molecule has 0 saturated carbocycles. The molecule has 0 saturated heterocycles. The summed E-state index contributed by atoms with van der Waals surface area (Å²) in [6, 6.07) is 0. The number of carbonyl (C=O) groups is 1. The fourth-order valence-electron chi connectivity index (χ4n) is 3.89. The van der Waals surface area contributed by atoms with Crippen LogP contribution in [0, 0.1) is 11.3 Å². The Balaban J connectivity index is 0. The van der Waals surface area contributed by atoms with Crippen LogP contribution in [0.15, 0.2) is 0 Å². The van der Waals surface area contributed by atoms with E-state index in [4.69, 9.17) is 5.11 Å². The van der Waals surface area contributed by atoms with E-state index in [0.29, 0.717) is 5.16 Å². The molecule has 0 bridgehead atoms. The van der Waals surface area contributed by atoms with Crippen molar-refractivity contribution in [1.82, 2.24) is 0 Å². The summed E-state index contributed by atoms with van der Waals surface area (Å²) in [5.74, 6) is 0.247. The number of unbranched alkanes of at least 4 members (excludes halogenated alkanes) is 5. The Morgan fingerprint density at radius 1 is 0.724 bits per heavy atom. The molecular weight excluding hydrogens is 375 g/mol. The molecule has 0 heterocycles. The number of carboxylic acid groups (broad SMARTS) is 1. The molecule has 2 nitrogen and oxygen atoms in total. The van der Waals surface area contributed by atoms with Gasteiger partial charge in [0.05, 0.1) is 5.41 Å². The second-order valence-electron chi connectivity index (χ2n) is 9.71. The van der Waals surface area contributed by atoms with E-state index < -0.39 is 11.4 Å². The average Bonchev–Trinajstić information content (AvgIpc) is 2.69. The molecule has 0 aliphatic heterocycles. The highest BCUT2D eigenvalue weighted by Crippen LogP contribution is 2.43. The zero-order valence-corrected chi connectivity index (χ0v) is 22.3. The van der Waals surface area contributed by atoms with Gasteiger partial charge < -0.3 is 5.11 Å². The maximum absolute atomic E-state index is 10.5. The van der Waals surface area contributed by atoms with Gasteiger partial charge in [-0.25, -0.2) is 0 Å². The SMILES string of the molecule is CCCCC(C)(C)C(=O)O.CCCCC(CCCC)C(P)(CCCC)CCCC. The summed E-state index contributed by atoms with van der Waals surface area (Å²) in [7, 11) is 3.32. The minimum atomic E-state index is -0.694. The van der Waals surface area contributed by atoms with Gasteiger partial charge in [-0.1, -0.05) is 98.8 Å². The Hall–Kier alpha value is -0.100. The highest BCUT2D eigenvalue weighted by Gasteiger charge is 2.32. The lowest BCUT2D eigenvalue weighted by Gasteiger charge is -2.38. The number of hydrogen-bond donors (Lipinski definition) is 1. The zero-order valence-electron chi connectivity index (χ0n) is 21.1. The molecular formula is C26H55O2P. The molecule has 1 unspecified atom stereocenters. The smallest absolute Gasteiger partial charge is 0.309 e. The number of rotatable bonds is 17. The Bertz CT molecular complexity index is 363. The van der Waals surface area contributed by atoms with Gasteiger partial charge in [0.1, 0.15) is 0 Å². The third kappa shape index (κ3) is 15.4. The van der Waals surface area contributed by atoms with Crippen LogP contribution in [0.4, 0.5) is 0 Å². The molecule has 0 aromatic rings. The third-order valence-corrected chi connectivity index (χ3v) is 7.40. The standard InChI is InChI=1S/C18H39P.C8H16O2/c1-5-9-13-17(14-10-6-2)18(19,15-11-7-3)16-12-8-4;1-4-5-6-8(2,3)7(9)10/h17H,5-16,19H2,1-4H3;4-6H2,1-3H3,(H,9,10). The first-order chi connectivity index (χ1) is 13.6. The lowest BCUT2D eigenvalue weighted by atomic mass is 9.77. The number of hydrogen-bond acceptors (Lipinski definition) is 1. The Kier molecular flexibility index (Phi) is 20.0. The monoisotopic (exact) mass is 430 g/mol. The zero-order chi connectivity index (χ0) is 22.8. The van der Waals surface area contributed by atoms with Gasteiger partial charge in [0.25, 0.3) is 0 Å². The number of carboxylic acids is 1. The van der Waals surface area contributed by atoms with Crippen molar-refractivity contribution in [3.8, 4) is 0 Å². The van der Waals surface area contributed by atoms with Crippen molar-refractivity contribution < 1.29 is 9.90 Å². The topological polar surface area (TPSA) is 37.3 Å². The molecule has 29 heavy (non-hydrogen) atoms. The van der Waals surface area contributed by atoms with Crippen molar-refractivity contribution in [2.24, 2.45) is 11.3 Å². The molecule has 0 radical (unpaired) electrons. The van der Waals surface area contributed by atoms with Crippen LogP contribution in [-0.4, -0.2) is 16.2 Å². The maximum atomic E-state index is 10.5. The lowest BCUT2D eigenvalue weighted by molar-refractivity contribution is -0.147. The molecule has 0 amide bonds. The van der Waals surface area contributed by atoms with Crippen molar-refractivity contribution in [3.63, 3.8) is 0 Å². The van der Waals surface area contributed by atoms with Crippen LogP contribution >= 0.6 is 9.24 Å². The summed E-state index contributed by atoms with van der Waals surface area (Å²) < 4.78 is 0. The maximum Gasteiger partial charge on any atom is 0.309 e. The van der Waals surface area contributed by atoms with E-state index in [0.717, 1.165) is 25.2 Å². The third-order valence-electron chi connectivity index (χ3n) is 6.35. The van der Waals surface area contributed by atoms with Crippen LogP contribution in [0.25, 0.3) is 0 Å². The second kappa shape index (κ2) is 18.7. The number of aliphatic carboxylic acids is 1. The first kappa shape index (κ1) is 31.1. The highest BCUT2D eigenvalue weighted by molar-refractivity contribution is 7.19. The van der Waals surface area contributed by atoms with Gasteiger partial charge in [0.15, 0.2) is 0 Å². The molecule has 0 rings (SSSR count). The van der Waals surface area contributed by atoms with E-state index in [9.17, 15) is 4.79 Å². The van der Waals surface area contributed by atoms with Gasteiger partial charge in [-0.05, 0) is 57.0 Å². The van der Waals surface area contributed by atoms with Crippen molar-refractivity contribution in [2.45, 2.75) is 150 Å². The van der Waals surface area contributed by atoms with Crippen molar-refractivity contribution in [3.05, 3.63) is 0 Å². The van der Waals surface area contributed by atoms with E-state index in [-0.39, 0.29) is 0 Å². The molecule has 0 aromatic heterocycles. The highest BCUT2D eigenvalue weighted by atomic mass is 31.0. The first-order valence-electron chi connectivity index (χ1n) is 12.7. The van der Waals surface area contributed by atoms with E-state index in [2.05, 4.69) is 43.9 Å². The predicted octanol–water partition coefficient (Wildman–Crippen LogP) is 9.26. The van der Waals surface area contributed by atoms with Crippen molar-refractivity contribution >= 4 is 15.2 Å². The van der Waals surface area contributed by atoms with Crippen LogP contribution in [0.5, 0.6) is 0 Å². The molecule has 0 aliphatic carbocycles. The van der Waals surface area contributed by atoms with Crippen LogP contribution in [0.3, 0.4) is 0 Å². The second-order valence-corrected chi connectivity index (χ2v) is 10.9. The van der Waals surface area contributed by atoms with Gasteiger partial charge in [0, 0.05) is 0 Å². The van der Waals surface area contributed by atoms with E-state index in [1.165, 1.54) is 77.0 Å². The Morgan fingerprint density at radius 3 is 1.38 bits per heavy atom. The minimum Gasteiger partial charge on any atom is -0.481 e. The quantitative estimate of drug-likeness (QED) is 0.233. The fraction of sp³-hybridized carbons (Fsp3) is 0.962. The normalized spacial score (nSPS) is 12.0. The molecule has 0 fully saturated rings. The average molecular weight is 431 g/mol. The van der Waals surface area contributed by atoms with Crippen molar-refractivity contribution in [2.75, 3.05) is 0 Å². The van der Waals surface area contributed by atoms with E-state index in [1.807, 2.05) is 0 Å². The van der Waals surface area contributed by atoms with Crippen LogP contribution in [0.1, 0.15) is 145 Å². The fourth-order valence-corrected chi connectivity index (χ4v) is 4.63. The molecule has 0 spiro atoms. The van der Waals surface area contributed by atoms with Gasteiger partial charge in [-0.2, -0.15) is 0 Å². The molecule has 1 N–H and O–H groups in total. The van der Waals surface area contributed by atoms with Crippen LogP contribution < -0.4 is 0 Å². The molecule has 0 aliphatic rings. The molecule has 3 heteroatoms. The first-order valence-corrected chi connectivity index (χ1v) is 13.2. The molecule has 176 valence electrons. The van der Waals surface area contributed by atoms with Crippen LogP contribution in [0.2, 0.25) is 0 Å². The molecule has 0 aromatic carbocycles. The van der Waals surface area contributed by atoms with Gasteiger partial charge >= 0.3 is 5.97 Å².